The van der Waals surface area contributed by atoms with Crippen molar-refractivity contribution in [2.45, 2.75) is 68.2 Å². The maximum atomic E-state index is 2.45. The van der Waals surface area contributed by atoms with E-state index in [1.807, 2.05) is 0 Å². The maximum Gasteiger partial charge on any atom is 0.0366 e. The van der Waals surface area contributed by atoms with E-state index in [-0.39, 0.29) is 29.9 Å². The Morgan fingerprint density at radius 2 is 0.686 bits per heavy atom. The lowest BCUT2D eigenvalue weighted by molar-refractivity contribution is 0.863. The Hall–Kier alpha value is -3.71. The monoisotopic (exact) mass is 798 g/mol. The highest BCUT2D eigenvalue weighted by Gasteiger charge is 2.15. The molecule has 0 atom stereocenters. The summed E-state index contributed by atoms with van der Waals surface area (Å²) >= 11 is 0. The van der Waals surface area contributed by atoms with Crippen LogP contribution in [0.25, 0.3) is 5.57 Å². The van der Waals surface area contributed by atoms with Crippen LogP contribution < -0.4 is 19.6 Å². The second-order valence-corrected chi connectivity index (χ2v) is 12.9. The van der Waals surface area contributed by atoms with Crippen LogP contribution in [0.5, 0.6) is 0 Å². The molecule has 0 unspecified atom stereocenters. The van der Waals surface area contributed by atoms with E-state index >= 15 is 0 Å². The van der Waals surface area contributed by atoms with Gasteiger partial charge in [-0.3, -0.25) is 0 Å². The molecule has 0 aliphatic rings. The van der Waals surface area contributed by atoms with Crippen LogP contribution in [-0.2, 0) is 0 Å². The molecule has 4 nitrogen and oxygen atoms in total. The van der Waals surface area contributed by atoms with Gasteiger partial charge in [0, 0.05) is 81.0 Å². The van der Waals surface area contributed by atoms with Gasteiger partial charge in [0.2, 0.25) is 0 Å². The molecular weight excluding hydrogens is 735 g/mol. The summed E-state index contributed by atoms with van der Waals surface area (Å²) in [6.07, 6.45) is 4.84. The largest absolute Gasteiger partial charge is 0.372 e. The molecule has 0 amide bonds. The Labute approximate surface area is 327 Å². The summed E-state index contributed by atoms with van der Waals surface area (Å²) in [6.45, 7) is 28.1. The van der Waals surface area contributed by atoms with Crippen LogP contribution in [0, 0.1) is 0 Å². The topological polar surface area (TPSA) is 13.0 Å². The Morgan fingerprint density at radius 1 is 0.431 bits per heavy atom. The summed E-state index contributed by atoms with van der Waals surface area (Å²) in [5.41, 5.74) is 12.6. The third-order valence-corrected chi connectivity index (χ3v) is 10.2. The molecule has 0 saturated carbocycles. The zero-order valence-corrected chi connectivity index (χ0v) is 35.2. The van der Waals surface area contributed by atoms with Crippen molar-refractivity contribution in [3.8, 4) is 0 Å². The van der Waals surface area contributed by atoms with Gasteiger partial charge in [-0.1, -0.05) is 66.3 Å². The van der Waals surface area contributed by atoms with E-state index < -0.39 is 0 Å². The predicted octanol–water partition coefficient (Wildman–Crippen LogP) is 11.9. The molecule has 0 aliphatic carbocycles. The molecule has 0 aliphatic heterocycles. The van der Waals surface area contributed by atoms with Crippen molar-refractivity contribution in [2.24, 2.45) is 0 Å². The smallest absolute Gasteiger partial charge is 0.0366 e. The van der Waals surface area contributed by atoms with Crippen LogP contribution in [0.15, 0.2) is 115 Å². The van der Waals surface area contributed by atoms with Gasteiger partial charge in [0.05, 0.1) is 0 Å². The number of benzene rings is 4. The first-order valence-electron chi connectivity index (χ1n) is 19.1. The number of hydrogen-bond donors (Lipinski definition) is 0. The molecule has 0 N–H and O–H groups in total. The highest BCUT2D eigenvalue weighted by Crippen LogP contribution is 2.33. The van der Waals surface area contributed by atoms with Crippen LogP contribution in [-0.4, -0.2) is 52.4 Å². The lowest BCUT2D eigenvalue weighted by atomic mass is 9.88. The summed E-state index contributed by atoms with van der Waals surface area (Å²) in [7, 11) is 0. The molecule has 4 rings (SSSR count). The van der Waals surface area contributed by atoms with Crippen LogP contribution in [0.2, 0.25) is 0 Å². The van der Waals surface area contributed by atoms with Crippen molar-refractivity contribution in [3.05, 3.63) is 137 Å². The number of nitrogens with zero attached hydrogens (tertiary/aromatic N) is 4. The Kier molecular flexibility index (Phi) is 17.1. The van der Waals surface area contributed by atoms with Crippen LogP contribution in [0.3, 0.4) is 0 Å². The third kappa shape index (κ3) is 10.7. The summed E-state index contributed by atoms with van der Waals surface area (Å²) < 4.78 is 0. The van der Waals surface area contributed by atoms with Crippen molar-refractivity contribution < 1.29 is 0 Å². The van der Waals surface area contributed by atoms with E-state index in [4.69, 9.17) is 0 Å². The first kappa shape index (κ1) is 41.7. The van der Waals surface area contributed by atoms with Crippen molar-refractivity contribution in [1.82, 2.24) is 0 Å². The zero-order valence-electron chi connectivity index (χ0n) is 32.8. The van der Waals surface area contributed by atoms with E-state index in [9.17, 15) is 0 Å². The Morgan fingerprint density at radius 3 is 0.941 bits per heavy atom. The van der Waals surface area contributed by atoms with E-state index in [1.54, 1.807) is 0 Å². The average Bonchev–Trinajstić information content (AvgIpc) is 3.16. The molecule has 274 valence electrons. The van der Waals surface area contributed by atoms with Gasteiger partial charge >= 0.3 is 0 Å². The first-order chi connectivity index (χ1) is 24.3. The first-order valence-corrected chi connectivity index (χ1v) is 19.1. The number of allylic oxidation sites excluding steroid dienone is 3. The van der Waals surface area contributed by atoms with E-state index in [0.717, 1.165) is 52.4 Å². The minimum Gasteiger partial charge on any atom is -0.372 e. The fourth-order valence-electron chi connectivity index (χ4n) is 7.10. The molecule has 51 heavy (non-hydrogen) atoms. The minimum absolute atomic E-state index is 0. The molecular formula is C46H63IN4. The lowest BCUT2D eigenvalue weighted by Crippen LogP contribution is -2.21. The highest BCUT2D eigenvalue weighted by atomic mass is 127. The molecule has 0 spiro atoms. The molecule has 0 radical (unpaired) electrons. The van der Waals surface area contributed by atoms with Gasteiger partial charge in [-0.05, 0) is 139 Å². The molecule has 4 aromatic carbocycles. The summed E-state index contributed by atoms with van der Waals surface area (Å²) in [4.78, 5) is 9.62. The average molecular weight is 799 g/mol. The number of hydrogen-bond acceptors (Lipinski definition) is 4. The summed E-state index contributed by atoms with van der Waals surface area (Å²) in [5.74, 6) is 0.124. The Balaban J connectivity index is 0.00000702. The van der Waals surface area contributed by atoms with E-state index in [2.05, 4.69) is 191 Å². The zero-order chi connectivity index (χ0) is 36.0. The fraction of sp³-hybridized carbons (Fsp3) is 0.391. The SMILES string of the molecule is CCN(CC)c1ccc(C(=CC(C)=CC(c2ccc(N(CC)CC)cc2)c2ccc(N(CC)CC)cc2)c2ccc(N(CC)CC)cc2)cc1.I. The van der Waals surface area contributed by atoms with Crippen LogP contribution in [0.1, 0.15) is 90.5 Å². The van der Waals surface area contributed by atoms with Crippen LogP contribution >= 0.6 is 24.0 Å². The van der Waals surface area contributed by atoms with Crippen molar-refractivity contribution in [1.29, 1.82) is 0 Å². The molecule has 0 aromatic heterocycles. The minimum atomic E-state index is 0. The van der Waals surface area contributed by atoms with Gasteiger partial charge in [-0.15, -0.1) is 24.0 Å². The summed E-state index contributed by atoms with van der Waals surface area (Å²) in [6, 6.07) is 36.7. The van der Waals surface area contributed by atoms with Gasteiger partial charge < -0.3 is 19.6 Å². The predicted molar refractivity (Wildman–Crippen MR) is 238 cm³/mol. The lowest BCUT2D eigenvalue weighted by Gasteiger charge is -2.24. The molecule has 0 saturated heterocycles. The highest BCUT2D eigenvalue weighted by molar-refractivity contribution is 14.0. The summed E-state index contributed by atoms with van der Waals surface area (Å²) in [5, 5.41) is 0. The van der Waals surface area contributed by atoms with Gasteiger partial charge in [-0.2, -0.15) is 0 Å². The Bertz CT molecular complexity index is 1510. The van der Waals surface area contributed by atoms with E-state index in [1.165, 1.54) is 56.1 Å². The second-order valence-electron chi connectivity index (χ2n) is 12.9. The van der Waals surface area contributed by atoms with Crippen molar-refractivity contribution in [2.75, 3.05) is 72.0 Å². The molecule has 0 fully saturated rings. The molecule has 0 heterocycles. The molecule has 4 aromatic rings. The number of rotatable bonds is 18. The second kappa shape index (κ2) is 21.0. The van der Waals surface area contributed by atoms with Gasteiger partial charge in [0.25, 0.3) is 0 Å². The van der Waals surface area contributed by atoms with Crippen molar-refractivity contribution >= 4 is 52.3 Å². The number of halogens is 1. The number of anilines is 4. The van der Waals surface area contributed by atoms with Crippen LogP contribution in [0.4, 0.5) is 22.7 Å². The van der Waals surface area contributed by atoms with E-state index in [0.29, 0.717) is 0 Å². The standard InChI is InChI=1S/C46H62N4.HI/c1-10-47(11-2)41-26-18-37(19-27-41)45(38-20-28-42(29-21-38)48(12-3)13-4)34-36(9)35-46(39-22-30-43(31-23-39)49(14-5)15-6)40-24-32-44(33-25-40)50(16-7)17-8;/h18-35,45H,10-17H2,1-9H3;1H. The van der Waals surface area contributed by atoms with Gasteiger partial charge in [-0.25, -0.2) is 0 Å². The molecule has 0 bridgehead atoms. The third-order valence-electron chi connectivity index (χ3n) is 10.2. The maximum absolute atomic E-state index is 2.45. The normalized spacial score (nSPS) is 11.2. The van der Waals surface area contributed by atoms with Gasteiger partial charge in [0.1, 0.15) is 0 Å². The van der Waals surface area contributed by atoms with Crippen molar-refractivity contribution in [3.63, 3.8) is 0 Å². The van der Waals surface area contributed by atoms with Gasteiger partial charge in [0.15, 0.2) is 0 Å². The fourth-order valence-corrected chi connectivity index (χ4v) is 7.10. The quantitative estimate of drug-likeness (QED) is 0.0734. The molecule has 5 heteroatoms.